The lowest BCUT2D eigenvalue weighted by Gasteiger charge is -2.12. The van der Waals surface area contributed by atoms with Crippen LogP contribution in [0.15, 0.2) is 24.3 Å². The van der Waals surface area contributed by atoms with Gasteiger partial charge in [-0.15, -0.1) is 0 Å². The van der Waals surface area contributed by atoms with E-state index in [0.29, 0.717) is 18.0 Å². The fourth-order valence-electron chi connectivity index (χ4n) is 2.10. The second kappa shape index (κ2) is 3.51. The zero-order valence-corrected chi connectivity index (χ0v) is 8.87. The van der Waals surface area contributed by atoms with Gasteiger partial charge < -0.3 is 10.8 Å². The topological polar surface area (TPSA) is 63.3 Å². The minimum atomic E-state index is -0.791. The second-order valence-corrected chi connectivity index (χ2v) is 4.36. The summed E-state index contributed by atoms with van der Waals surface area (Å²) in [6, 6.07) is 6.97. The van der Waals surface area contributed by atoms with E-state index < -0.39 is 11.4 Å². The number of aliphatic carboxylic acids is 1. The Morgan fingerprint density at radius 3 is 2.53 bits per heavy atom. The molecule has 0 saturated heterocycles. The van der Waals surface area contributed by atoms with Crippen LogP contribution in [0.4, 0.5) is 0 Å². The van der Waals surface area contributed by atoms with E-state index in [-0.39, 0.29) is 5.92 Å². The zero-order chi connectivity index (χ0) is 11.1. The molecule has 1 saturated carbocycles. The quantitative estimate of drug-likeness (QED) is 0.822. The number of benzene rings is 1. The summed E-state index contributed by atoms with van der Waals surface area (Å²) in [5.74, 6) is -0.739. The minimum Gasteiger partial charge on any atom is -0.481 e. The van der Waals surface area contributed by atoms with Crippen molar-refractivity contribution in [3.8, 4) is 0 Å². The van der Waals surface area contributed by atoms with Gasteiger partial charge in [0.2, 0.25) is 0 Å². The molecule has 1 aliphatic carbocycles. The molecule has 0 spiro atoms. The molecule has 4 heteroatoms. The highest BCUT2D eigenvalue weighted by molar-refractivity contribution is 6.30. The lowest BCUT2D eigenvalue weighted by atomic mass is 9.93. The van der Waals surface area contributed by atoms with Crippen LogP contribution in [0.2, 0.25) is 5.02 Å². The third-order valence-corrected chi connectivity index (χ3v) is 3.38. The Hall–Kier alpha value is -1.06. The SMILES string of the molecule is NCC1CC1(C(=O)O)c1ccc(Cl)cc1. The fourth-order valence-corrected chi connectivity index (χ4v) is 2.23. The summed E-state index contributed by atoms with van der Waals surface area (Å²) in [4.78, 5) is 11.2. The van der Waals surface area contributed by atoms with Gasteiger partial charge in [-0.3, -0.25) is 4.79 Å². The lowest BCUT2D eigenvalue weighted by molar-refractivity contribution is -0.140. The van der Waals surface area contributed by atoms with Gasteiger partial charge in [0.15, 0.2) is 0 Å². The smallest absolute Gasteiger partial charge is 0.314 e. The molecule has 0 heterocycles. The largest absolute Gasteiger partial charge is 0.481 e. The minimum absolute atomic E-state index is 0.0520. The van der Waals surface area contributed by atoms with E-state index in [1.54, 1.807) is 24.3 Å². The van der Waals surface area contributed by atoms with Crippen LogP contribution in [0.1, 0.15) is 12.0 Å². The second-order valence-electron chi connectivity index (χ2n) is 3.92. The van der Waals surface area contributed by atoms with Crippen molar-refractivity contribution in [3.63, 3.8) is 0 Å². The zero-order valence-electron chi connectivity index (χ0n) is 8.11. The highest BCUT2D eigenvalue weighted by Gasteiger charge is 2.60. The maximum absolute atomic E-state index is 11.2. The molecule has 1 aromatic rings. The van der Waals surface area contributed by atoms with Gasteiger partial charge in [-0.25, -0.2) is 0 Å². The summed E-state index contributed by atoms with van der Waals surface area (Å²) in [5.41, 5.74) is 5.56. The molecule has 15 heavy (non-hydrogen) atoms. The third-order valence-electron chi connectivity index (χ3n) is 3.13. The standard InChI is InChI=1S/C11H12ClNO2/c12-9-3-1-7(2-4-9)11(10(14)15)5-8(11)6-13/h1-4,8H,5-6,13H2,(H,14,15). The normalized spacial score (nSPS) is 28.8. The molecule has 0 bridgehead atoms. The van der Waals surface area contributed by atoms with Gasteiger partial charge >= 0.3 is 5.97 Å². The van der Waals surface area contributed by atoms with Gasteiger partial charge in [-0.1, -0.05) is 23.7 Å². The van der Waals surface area contributed by atoms with E-state index >= 15 is 0 Å². The molecule has 0 amide bonds. The van der Waals surface area contributed by atoms with Crippen molar-refractivity contribution >= 4 is 17.6 Å². The summed E-state index contributed by atoms with van der Waals surface area (Å²) in [5, 5.41) is 9.85. The molecule has 0 radical (unpaired) electrons. The monoisotopic (exact) mass is 225 g/mol. The van der Waals surface area contributed by atoms with Crippen molar-refractivity contribution in [3.05, 3.63) is 34.9 Å². The Labute approximate surface area is 92.8 Å². The Balaban J connectivity index is 2.36. The number of carboxylic acid groups (broad SMARTS) is 1. The van der Waals surface area contributed by atoms with Crippen LogP contribution in [-0.4, -0.2) is 17.6 Å². The van der Waals surface area contributed by atoms with Crippen LogP contribution in [0.5, 0.6) is 0 Å². The summed E-state index contributed by atoms with van der Waals surface area (Å²) in [6.07, 6.45) is 0.625. The predicted molar refractivity (Wildman–Crippen MR) is 57.9 cm³/mol. The highest BCUT2D eigenvalue weighted by Crippen LogP contribution is 2.54. The first kappa shape index (κ1) is 10.5. The Morgan fingerprint density at radius 1 is 1.53 bits per heavy atom. The summed E-state index contributed by atoms with van der Waals surface area (Å²) < 4.78 is 0. The van der Waals surface area contributed by atoms with Crippen molar-refractivity contribution in [1.29, 1.82) is 0 Å². The van der Waals surface area contributed by atoms with E-state index in [9.17, 15) is 9.90 Å². The van der Waals surface area contributed by atoms with Crippen LogP contribution >= 0.6 is 11.6 Å². The molecule has 2 atom stereocenters. The number of hydrogen-bond donors (Lipinski definition) is 2. The number of hydrogen-bond acceptors (Lipinski definition) is 2. The van der Waals surface area contributed by atoms with E-state index in [1.807, 2.05) is 0 Å². The summed E-state index contributed by atoms with van der Waals surface area (Å²) in [7, 11) is 0. The fraction of sp³-hybridized carbons (Fsp3) is 0.364. The first-order chi connectivity index (χ1) is 7.11. The molecule has 3 N–H and O–H groups in total. The molecule has 3 nitrogen and oxygen atoms in total. The van der Waals surface area contributed by atoms with Crippen LogP contribution in [-0.2, 0) is 10.2 Å². The predicted octanol–water partition coefficient (Wildman–Crippen LogP) is 1.64. The Kier molecular flexibility index (Phi) is 2.44. The lowest BCUT2D eigenvalue weighted by Crippen LogP contribution is -2.25. The molecule has 1 aliphatic rings. The van der Waals surface area contributed by atoms with Crippen molar-refractivity contribution in [1.82, 2.24) is 0 Å². The van der Waals surface area contributed by atoms with Crippen molar-refractivity contribution in [2.45, 2.75) is 11.8 Å². The molecule has 1 aromatic carbocycles. The average Bonchev–Trinajstić information content (AvgIpc) is 2.94. The summed E-state index contributed by atoms with van der Waals surface area (Å²) >= 11 is 5.76. The maximum Gasteiger partial charge on any atom is 0.314 e. The number of carbonyl (C=O) groups is 1. The molecule has 0 aliphatic heterocycles. The number of carboxylic acids is 1. The van der Waals surface area contributed by atoms with Gasteiger partial charge in [0, 0.05) is 5.02 Å². The average molecular weight is 226 g/mol. The van der Waals surface area contributed by atoms with Crippen molar-refractivity contribution < 1.29 is 9.90 Å². The first-order valence-corrected chi connectivity index (χ1v) is 5.18. The number of nitrogens with two attached hydrogens (primary N) is 1. The van der Waals surface area contributed by atoms with Gasteiger partial charge in [-0.2, -0.15) is 0 Å². The number of halogens is 1. The van der Waals surface area contributed by atoms with E-state index in [0.717, 1.165) is 5.56 Å². The summed E-state index contributed by atoms with van der Waals surface area (Å²) in [6.45, 7) is 0.412. The van der Waals surface area contributed by atoms with Crippen LogP contribution < -0.4 is 5.73 Å². The third kappa shape index (κ3) is 1.52. The van der Waals surface area contributed by atoms with Gasteiger partial charge in [0.05, 0.1) is 5.41 Å². The first-order valence-electron chi connectivity index (χ1n) is 4.81. The van der Waals surface area contributed by atoms with Crippen LogP contribution in [0.3, 0.4) is 0 Å². The molecule has 2 unspecified atom stereocenters. The maximum atomic E-state index is 11.2. The van der Waals surface area contributed by atoms with Crippen LogP contribution in [0, 0.1) is 5.92 Å². The van der Waals surface area contributed by atoms with Crippen molar-refractivity contribution in [2.75, 3.05) is 6.54 Å². The molecule has 80 valence electrons. The van der Waals surface area contributed by atoms with Gasteiger partial charge in [-0.05, 0) is 36.6 Å². The van der Waals surface area contributed by atoms with Gasteiger partial charge in [0.1, 0.15) is 0 Å². The van der Waals surface area contributed by atoms with Gasteiger partial charge in [0.25, 0.3) is 0 Å². The number of rotatable bonds is 3. The molecular weight excluding hydrogens is 214 g/mol. The molecule has 0 aromatic heterocycles. The highest BCUT2D eigenvalue weighted by atomic mass is 35.5. The van der Waals surface area contributed by atoms with E-state index in [4.69, 9.17) is 17.3 Å². The molecule has 1 fully saturated rings. The molecule has 2 rings (SSSR count). The van der Waals surface area contributed by atoms with E-state index in [1.165, 1.54) is 0 Å². The Morgan fingerprint density at radius 2 is 2.13 bits per heavy atom. The Bertz CT molecular complexity index is 390. The van der Waals surface area contributed by atoms with Crippen LogP contribution in [0.25, 0.3) is 0 Å². The van der Waals surface area contributed by atoms with Crippen molar-refractivity contribution in [2.24, 2.45) is 11.7 Å². The molecular formula is C11H12ClNO2. The van der Waals surface area contributed by atoms with E-state index in [2.05, 4.69) is 0 Å².